The minimum atomic E-state index is -4.15. The van der Waals surface area contributed by atoms with Gasteiger partial charge in [-0.25, -0.2) is 8.42 Å². The van der Waals surface area contributed by atoms with E-state index in [2.05, 4.69) is 5.32 Å². The van der Waals surface area contributed by atoms with E-state index in [1.54, 1.807) is 54.6 Å². The lowest BCUT2D eigenvalue weighted by Crippen LogP contribution is -2.53. The Hall–Kier alpha value is -4.14. The van der Waals surface area contributed by atoms with Crippen molar-refractivity contribution in [3.63, 3.8) is 0 Å². The fourth-order valence-corrected chi connectivity index (χ4v) is 6.59. The summed E-state index contributed by atoms with van der Waals surface area (Å²) in [7, 11) is -4.15. The van der Waals surface area contributed by atoms with Gasteiger partial charge in [0.15, 0.2) is 0 Å². The molecule has 2 amide bonds. The molecule has 0 radical (unpaired) electrons. The number of aryl methyl sites for hydroxylation is 2. The highest BCUT2D eigenvalue weighted by molar-refractivity contribution is 7.92. The van der Waals surface area contributed by atoms with Gasteiger partial charge in [0.1, 0.15) is 12.6 Å². The molecule has 1 unspecified atom stereocenters. The molecular formula is C35H38ClN3O4S. The number of rotatable bonds is 13. The van der Waals surface area contributed by atoms with Crippen molar-refractivity contribution in [2.75, 3.05) is 17.4 Å². The molecule has 0 spiro atoms. The van der Waals surface area contributed by atoms with Crippen molar-refractivity contribution in [3.8, 4) is 0 Å². The second-order valence-electron chi connectivity index (χ2n) is 10.8. The van der Waals surface area contributed by atoms with E-state index in [-0.39, 0.29) is 23.8 Å². The molecule has 230 valence electrons. The molecule has 0 aromatic heterocycles. The molecule has 1 N–H and O–H groups in total. The number of nitrogens with zero attached hydrogens (tertiary/aromatic N) is 2. The summed E-state index contributed by atoms with van der Waals surface area (Å²) in [5, 5.41) is 3.50. The van der Waals surface area contributed by atoms with Crippen LogP contribution < -0.4 is 9.62 Å². The Balaban J connectivity index is 1.81. The Morgan fingerprint density at radius 3 is 2.00 bits per heavy atom. The summed E-state index contributed by atoms with van der Waals surface area (Å²) in [6.45, 7) is 5.75. The molecule has 0 heterocycles. The van der Waals surface area contributed by atoms with Gasteiger partial charge in [0.2, 0.25) is 11.8 Å². The molecule has 0 fully saturated rings. The van der Waals surface area contributed by atoms with Crippen LogP contribution in [0.4, 0.5) is 5.69 Å². The van der Waals surface area contributed by atoms with Gasteiger partial charge < -0.3 is 10.2 Å². The van der Waals surface area contributed by atoms with Crippen molar-refractivity contribution >= 4 is 39.1 Å². The second kappa shape index (κ2) is 15.0. The molecule has 4 rings (SSSR count). The molecule has 0 bridgehead atoms. The van der Waals surface area contributed by atoms with Crippen LogP contribution in [-0.4, -0.2) is 44.3 Å². The van der Waals surface area contributed by atoms with E-state index in [1.807, 2.05) is 57.2 Å². The first-order chi connectivity index (χ1) is 21.1. The van der Waals surface area contributed by atoms with E-state index < -0.39 is 28.5 Å². The van der Waals surface area contributed by atoms with Crippen LogP contribution in [0, 0.1) is 13.8 Å². The van der Waals surface area contributed by atoms with Gasteiger partial charge in [0, 0.05) is 24.5 Å². The number of hydrogen-bond donors (Lipinski definition) is 1. The van der Waals surface area contributed by atoms with Gasteiger partial charge in [-0.05, 0) is 78.9 Å². The van der Waals surface area contributed by atoms with E-state index >= 15 is 0 Å². The Morgan fingerprint density at radius 1 is 0.818 bits per heavy atom. The quantitative estimate of drug-likeness (QED) is 0.187. The zero-order valence-corrected chi connectivity index (χ0v) is 26.8. The zero-order chi connectivity index (χ0) is 31.7. The molecule has 44 heavy (non-hydrogen) atoms. The Bertz CT molecular complexity index is 1640. The fourth-order valence-electron chi connectivity index (χ4n) is 5.05. The molecule has 0 saturated carbocycles. The number of sulfonamides is 1. The zero-order valence-electron chi connectivity index (χ0n) is 25.2. The largest absolute Gasteiger partial charge is 0.354 e. The predicted octanol–water partition coefficient (Wildman–Crippen LogP) is 6.32. The van der Waals surface area contributed by atoms with Crippen molar-refractivity contribution in [1.82, 2.24) is 10.2 Å². The van der Waals surface area contributed by atoms with E-state index in [4.69, 9.17) is 11.6 Å². The number of anilines is 1. The van der Waals surface area contributed by atoms with Gasteiger partial charge in [0.05, 0.1) is 10.6 Å². The fraction of sp³-hybridized carbons (Fsp3) is 0.257. The van der Waals surface area contributed by atoms with Crippen LogP contribution in [0.25, 0.3) is 0 Å². The van der Waals surface area contributed by atoms with Crippen LogP contribution in [0.1, 0.15) is 35.6 Å². The first-order valence-corrected chi connectivity index (χ1v) is 16.4. The molecular weight excluding hydrogens is 594 g/mol. The lowest BCUT2D eigenvalue weighted by atomic mass is 10.0. The lowest BCUT2D eigenvalue weighted by Gasteiger charge is -2.34. The van der Waals surface area contributed by atoms with Crippen molar-refractivity contribution in [1.29, 1.82) is 0 Å². The predicted molar refractivity (Wildman–Crippen MR) is 176 cm³/mol. The highest BCUT2D eigenvalue weighted by Gasteiger charge is 2.34. The minimum Gasteiger partial charge on any atom is -0.354 e. The Labute approximate surface area is 265 Å². The number of hydrogen-bond acceptors (Lipinski definition) is 4. The van der Waals surface area contributed by atoms with Gasteiger partial charge in [-0.3, -0.25) is 13.9 Å². The monoisotopic (exact) mass is 631 g/mol. The molecule has 0 saturated heterocycles. The third-order valence-corrected chi connectivity index (χ3v) is 9.23. The van der Waals surface area contributed by atoms with Crippen molar-refractivity contribution in [2.45, 2.75) is 51.1 Å². The molecule has 0 aliphatic carbocycles. The number of amides is 2. The summed E-state index contributed by atoms with van der Waals surface area (Å²) in [6.07, 6.45) is 0.982. The third-order valence-electron chi connectivity index (χ3n) is 7.19. The van der Waals surface area contributed by atoms with E-state index in [1.165, 1.54) is 17.0 Å². The van der Waals surface area contributed by atoms with Crippen molar-refractivity contribution < 1.29 is 18.0 Å². The maximum absolute atomic E-state index is 14.5. The molecule has 7 nitrogen and oxygen atoms in total. The van der Waals surface area contributed by atoms with E-state index in [9.17, 15) is 18.0 Å². The summed E-state index contributed by atoms with van der Waals surface area (Å²) in [5.74, 6) is -0.812. The molecule has 0 aliphatic rings. The average Bonchev–Trinajstić information content (AvgIpc) is 3.01. The van der Waals surface area contributed by atoms with Crippen LogP contribution in [0.5, 0.6) is 0 Å². The standard InChI is InChI=1S/C35H38ClN3O4S/c1-4-19-37-35(41)33(23-28-11-7-5-8-12-28)38(24-29-15-17-30(36)18-16-29)34(40)25-39(31-21-26(2)20-27(3)22-31)44(42,43)32-13-9-6-10-14-32/h5-18,20-22,33H,4,19,23-25H2,1-3H3,(H,37,41). The molecule has 4 aromatic rings. The first-order valence-electron chi connectivity index (χ1n) is 14.6. The molecule has 9 heteroatoms. The smallest absolute Gasteiger partial charge is 0.264 e. The van der Waals surface area contributed by atoms with Gasteiger partial charge in [-0.1, -0.05) is 85.3 Å². The highest BCUT2D eigenvalue weighted by Crippen LogP contribution is 2.27. The van der Waals surface area contributed by atoms with Crippen molar-refractivity contribution in [2.24, 2.45) is 0 Å². The number of carbonyl (C=O) groups is 2. The minimum absolute atomic E-state index is 0.0673. The molecule has 0 aliphatic heterocycles. The van der Waals surface area contributed by atoms with Crippen LogP contribution in [0.15, 0.2) is 108 Å². The summed E-state index contributed by atoms with van der Waals surface area (Å²) in [6, 6.07) is 29.1. The second-order valence-corrected chi connectivity index (χ2v) is 13.1. The maximum Gasteiger partial charge on any atom is 0.264 e. The number of carbonyl (C=O) groups excluding carboxylic acids is 2. The Morgan fingerprint density at radius 2 is 1.41 bits per heavy atom. The molecule has 1 atom stereocenters. The lowest BCUT2D eigenvalue weighted by molar-refractivity contribution is -0.140. The van der Waals surface area contributed by atoms with Gasteiger partial charge in [-0.2, -0.15) is 0 Å². The Kier molecular flexibility index (Phi) is 11.2. The molecule has 4 aromatic carbocycles. The van der Waals surface area contributed by atoms with E-state index in [0.717, 1.165) is 33.0 Å². The van der Waals surface area contributed by atoms with Crippen LogP contribution in [-0.2, 0) is 32.6 Å². The van der Waals surface area contributed by atoms with Crippen LogP contribution >= 0.6 is 11.6 Å². The average molecular weight is 632 g/mol. The topological polar surface area (TPSA) is 86.8 Å². The van der Waals surface area contributed by atoms with Crippen molar-refractivity contribution in [3.05, 3.63) is 130 Å². The van der Waals surface area contributed by atoms with Gasteiger partial charge in [0.25, 0.3) is 10.0 Å². The van der Waals surface area contributed by atoms with E-state index in [0.29, 0.717) is 17.3 Å². The summed E-state index contributed by atoms with van der Waals surface area (Å²) < 4.78 is 29.4. The number of halogens is 1. The van der Waals surface area contributed by atoms with Gasteiger partial charge in [-0.15, -0.1) is 0 Å². The first kappa shape index (κ1) is 32.8. The summed E-state index contributed by atoms with van der Waals surface area (Å²) in [5.41, 5.74) is 3.73. The van der Waals surface area contributed by atoms with Gasteiger partial charge >= 0.3 is 0 Å². The summed E-state index contributed by atoms with van der Waals surface area (Å²) >= 11 is 6.14. The summed E-state index contributed by atoms with van der Waals surface area (Å²) in [4.78, 5) is 29.7. The number of benzene rings is 4. The maximum atomic E-state index is 14.5. The third kappa shape index (κ3) is 8.49. The SMILES string of the molecule is CCCNC(=O)C(Cc1ccccc1)N(Cc1ccc(Cl)cc1)C(=O)CN(c1cc(C)cc(C)c1)S(=O)(=O)c1ccccc1. The highest BCUT2D eigenvalue weighted by atomic mass is 35.5. The number of nitrogens with one attached hydrogen (secondary N) is 1. The van der Waals surface area contributed by atoms with Crippen LogP contribution in [0.3, 0.4) is 0 Å². The normalized spacial score (nSPS) is 11.9. The van der Waals surface area contributed by atoms with Crippen LogP contribution in [0.2, 0.25) is 5.02 Å².